The Bertz CT molecular complexity index is 155. The second-order valence-corrected chi connectivity index (χ2v) is 5.26. The van der Waals surface area contributed by atoms with Crippen LogP contribution >= 0.6 is 0 Å². The van der Waals surface area contributed by atoms with Crippen LogP contribution in [0.5, 0.6) is 0 Å². The lowest BCUT2D eigenvalue weighted by Gasteiger charge is -2.30. The van der Waals surface area contributed by atoms with E-state index in [0.29, 0.717) is 5.92 Å². The molecular formula is C14H28O. The molecule has 1 aliphatic rings. The molecular weight excluding hydrogens is 184 g/mol. The molecule has 1 fully saturated rings. The molecule has 0 saturated heterocycles. The minimum absolute atomic E-state index is 0.00873. The van der Waals surface area contributed by atoms with Crippen LogP contribution in [0.25, 0.3) is 0 Å². The number of aliphatic hydroxyl groups is 1. The summed E-state index contributed by atoms with van der Waals surface area (Å²) in [5.41, 5.74) is 0. The van der Waals surface area contributed by atoms with E-state index in [1.807, 2.05) is 0 Å². The highest BCUT2D eigenvalue weighted by Gasteiger charge is 2.25. The van der Waals surface area contributed by atoms with E-state index in [0.717, 1.165) is 12.3 Å². The van der Waals surface area contributed by atoms with Gasteiger partial charge in [-0.1, -0.05) is 52.4 Å². The minimum atomic E-state index is 0.00873. The van der Waals surface area contributed by atoms with Gasteiger partial charge >= 0.3 is 0 Å². The lowest BCUT2D eigenvalue weighted by atomic mass is 9.79. The van der Waals surface area contributed by atoms with Gasteiger partial charge in [0.15, 0.2) is 0 Å². The Balaban J connectivity index is 2.29. The third-order valence-corrected chi connectivity index (χ3v) is 4.05. The molecule has 0 aromatic heterocycles. The molecule has 1 saturated carbocycles. The molecule has 15 heavy (non-hydrogen) atoms. The monoisotopic (exact) mass is 212 g/mol. The van der Waals surface area contributed by atoms with E-state index in [2.05, 4.69) is 13.8 Å². The van der Waals surface area contributed by atoms with E-state index in [-0.39, 0.29) is 6.10 Å². The zero-order chi connectivity index (χ0) is 11.1. The molecule has 0 aromatic rings. The molecule has 3 atom stereocenters. The standard InChI is InChI=1S/C14H28O/c1-3-5-8-12(4-2)11-13-9-6-7-10-14(13)15/h12-15H,3-11H2,1-2H3/t12-,13-,14+/m1/s1. The summed E-state index contributed by atoms with van der Waals surface area (Å²) in [6.07, 6.45) is 11.5. The van der Waals surface area contributed by atoms with Crippen molar-refractivity contribution >= 4 is 0 Å². The molecule has 1 nitrogen and oxygen atoms in total. The second-order valence-electron chi connectivity index (χ2n) is 5.26. The van der Waals surface area contributed by atoms with Crippen molar-refractivity contribution in [3.05, 3.63) is 0 Å². The van der Waals surface area contributed by atoms with Crippen molar-refractivity contribution in [1.82, 2.24) is 0 Å². The van der Waals surface area contributed by atoms with E-state index >= 15 is 0 Å². The first kappa shape index (κ1) is 13.0. The molecule has 0 spiro atoms. The molecule has 0 amide bonds. The zero-order valence-electron chi connectivity index (χ0n) is 10.5. The molecule has 0 bridgehead atoms. The third kappa shape index (κ3) is 4.55. The van der Waals surface area contributed by atoms with Crippen LogP contribution in [0.15, 0.2) is 0 Å². The minimum Gasteiger partial charge on any atom is -0.393 e. The van der Waals surface area contributed by atoms with Gasteiger partial charge in [0.25, 0.3) is 0 Å². The van der Waals surface area contributed by atoms with Crippen LogP contribution in [0.2, 0.25) is 0 Å². The average Bonchev–Trinajstić information content (AvgIpc) is 2.26. The first-order chi connectivity index (χ1) is 7.27. The largest absolute Gasteiger partial charge is 0.393 e. The van der Waals surface area contributed by atoms with Gasteiger partial charge in [0.05, 0.1) is 6.10 Å². The van der Waals surface area contributed by atoms with Gasteiger partial charge in [-0.15, -0.1) is 0 Å². The van der Waals surface area contributed by atoms with Gasteiger partial charge in [-0.05, 0) is 31.1 Å². The topological polar surface area (TPSA) is 20.2 Å². The van der Waals surface area contributed by atoms with Gasteiger partial charge in [-0.3, -0.25) is 0 Å². The maximum absolute atomic E-state index is 9.94. The van der Waals surface area contributed by atoms with Crippen molar-refractivity contribution in [3.63, 3.8) is 0 Å². The molecule has 1 heteroatoms. The Hall–Kier alpha value is -0.0400. The number of rotatable bonds is 6. The average molecular weight is 212 g/mol. The van der Waals surface area contributed by atoms with Crippen LogP contribution in [-0.4, -0.2) is 11.2 Å². The van der Waals surface area contributed by atoms with Gasteiger partial charge in [0, 0.05) is 0 Å². The fourth-order valence-electron chi connectivity index (χ4n) is 2.87. The Labute approximate surface area is 95.3 Å². The van der Waals surface area contributed by atoms with Crippen LogP contribution < -0.4 is 0 Å². The quantitative estimate of drug-likeness (QED) is 0.701. The van der Waals surface area contributed by atoms with Crippen LogP contribution in [0.1, 0.15) is 71.6 Å². The van der Waals surface area contributed by atoms with Gasteiger partial charge in [-0.25, -0.2) is 0 Å². The van der Waals surface area contributed by atoms with Crippen LogP contribution in [0, 0.1) is 11.8 Å². The Morgan fingerprint density at radius 3 is 2.53 bits per heavy atom. The zero-order valence-corrected chi connectivity index (χ0v) is 10.5. The lowest BCUT2D eigenvalue weighted by Crippen LogP contribution is -2.26. The highest BCUT2D eigenvalue weighted by Crippen LogP contribution is 2.32. The number of unbranched alkanes of at least 4 members (excludes halogenated alkanes) is 1. The summed E-state index contributed by atoms with van der Waals surface area (Å²) >= 11 is 0. The smallest absolute Gasteiger partial charge is 0.0568 e. The highest BCUT2D eigenvalue weighted by atomic mass is 16.3. The first-order valence-corrected chi connectivity index (χ1v) is 6.96. The molecule has 0 aliphatic heterocycles. The summed E-state index contributed by atoms with van der Waals surface area (Å²) in [5, 5.41) is 9.94. The van der Waals surface area contributed by atoms with Crippen molar-refractivity contribution in [2.24, 2.45) is 11.8 Å². The van der Waals surface area contributed by atoms with Crippen LogP contribution in [0.3, 0.4) is 0 Å². The van der Waals surface area contributed by atoms with Crippen molar-refractivity contribution in [2.75, 3.05) is 0 Å². The Kier molecular flexibility index (Phi) is 6.31. The fourth-order valence-corrected chi connectivity index (χ4v) is 2.87. The summed E-state index contributed by atoms with van der Waals surface area (Å²) in [4.78, 5) is 0. The molecule has 1 aliphatic carbocycles. The number of hydrogen-bond donors (Lipinski definition) is 1. The molecule has 0 aromatic carbocycles. The summed E-state index contributed by atoms with van der Waals surface area (Å²) in [7, 11) is 0. The molecule has 0 radical (unpaired) electrons. The summed E-state index contributed by atoms with van der Waals surface area (Å²) in [6, 6.07) is 0. The van der Waals surface area contributed by atoms with Gasteiger partial charge in [0.2, 0.25) is 0 Å². The second kappa shape index (κ2) is 7.27. The van der Waals surface area contributed by atoms with E-state index < -0.39 is 0 Å². The van der Waals surface area contributed by atoms with Crippen LogP contribution in [-0.2, 0) is 0 Å². The van der Waals surface area contributed by atoms with Crippen molar-refractivity contribution in [3.8, 4) is 0 Å². The maximum atomic E-state index is 9.94. The van der Waals surface area contributed by atoms with E-state index in [1.165, 1.54) is 51.4 Å². The number of aliphatic hydroxyl groups excluding tert-OH is 1. The predicted octanol–water partition coefficient (Wildman–Crippen LogP) is 4.14. The van der Waals surface area contributed by atoms with Gasteiger partial charge in [0.1, 0.15) is 0 Å². The lowest BCUT2D eigenvalue weighted by molar-refractivity contribution is 0.0545. The Morgan fingerprint density at radius 2 is 1.93 bits per heavy atom. The third-order valence-electron chi connectivity index (χ3n) is 4.05. The van der Waals surface area contributed by atoms with Crippen molar-refractivity contribution in [1.29, 1.82) is 0 Å². The summed E-state index contributed by atoms with van der Waals surface area (Å²) in [5.74, 6) is 1.48. The fraction of sp³-hybridized carbons (Fsp3) is 1.00. The first-order valence-electron chi connectivity index (χ1n) is 6.96. The summed E-state index contributed by atoms with van der Waals surface area (Å²) < 4.78 is 0. The SMILES string of the molecule is CCCC[C@@H](CC)C[C@H]1CCCC[C@@H]1O. The summed E-state index contributed by atoms with van der Waals surface area (Å²) in [6.45, 7) is 4.57. The maximum Gasteiger partial charge on any atom is 0.0568 e. The van der Waals surface area contributed by atoms with Crippen molar-refractivity contribution in [2.45, 2.75) is 77.7 Å². The highest BCUT2D eigenvalue weighted by molar-refractivity contribution is 4.76. The van der Waals surface area contributed by atoms with E-state index in [4.69, 9.17) is 0 Å². The number of hydrogen-bond acceptors (Lipinski definition) is 1. The van der Waals surface area contributed by atoms with E-state index in [9.17, 15) is 5.11 Å². The van der Waals surface area contributed by atoms with Gasteiger partial charge < -0.3 is 5.11 Å². The molecule has 0 unspecified atom stereocenters. The normalized spacial score (nSPS) is 29.0. The van der Waals surface area contributed by atoms with Gasteiger partial charge in [-0.2, -0.15) is 0 Å². The predicted molar refractivity (Wildman–Crippen MR) is 65.9 cm³/mol. The molecule has 1 N–H and O–H groups in total. The molecule has 90 valence electrons. The Morgan fingerprint density at radius 1 is 1.20 bits per heavy atom. The van der Waals surface area contributed by atoms with E-state index in [1.54, 1.807) is 0 Å². The van der Waals surface area contributed by atoms with Crippen LogP contribution in [0.4, 0.5) is 0 Å². The molecule has 0 heterocycles. The van der Waals surface area contributed by atoms with Crippen molar-refractivity contribution < 1.29 is 5.11 Å². The molecule has 1 rings (SSSR count).